The molecule has 2 aromatic heterocycles. The highest BCUT2D eigenvalue weighted by Gasteiger charge is 2.29. The van der Waals surface area contributed by atoms with Crippen LogP contribution in [0.2, 0.25) is 0 Å². The Morgan fingerprint density at radius 2 is 1.04 bits per heavy atom. The fourth-order valence-corrected chi connectivity index (χ4v) is 0.373. The number of H-pyrrole nitrogens is 4. The minimum atomic E-state index is -5.19. The lowest BCUT2D eigenvalue weighted by atomic mass is 10.7. The van der Waals surface area contributed by atoms with Crippen LogP contribution in [0.4, 0.5) is 26.3 Å². The van der Waals surface area contributed by atoms with E-state index in [1.165, 1.54) is 0 Å². The number of carboxylic acids is 2. The maximum absolute atomic E-state index is 10.5. The summed E-state index contributed by atoms with van der Waals surface area (Å²) in [5.41, 5.74) is 0. The number of aromatic amines is 4. The van der Waals surface area contributed by atoms with E-state index in [2.05, 4.69) is 30.4 Å². The van der Waals surface area contributed by atoms with Crippen LogP contribution in [0, 0.1) is 0 Å². The van der Waals surface area contributed by atoms with Gasteiger partial charge in [-0.1, -0.05) is 0 Å². The van der Waals surface area contributed by atoms with Gasteiger partial charge in [0.1, 0.15) is 11.9 Å². The number of hydrogen-bond donors (Lipinski definition) is 2. The molecule has 0 fully saturated rings. The summed E-state index contributed by atoms with van der Waals surface area (Å²) in [7, 11) is 0. The van der Waals surface area contributed by atoms with Crippen LogP contribution >= 0.6 is 0 Å². The van der Waals surface area contributed by atoms with Gasteiger partial charge in [-0.15, -0.1) is 10.2 Å². The highest BCUT2D eigenvalue weighted by molar-refractivity contribution is 5.71. The topological polar surface area (TPSA) is 166 Å². The normalized spacial score (nSPS) is 9.92. The monoisotopic (exact) mass is 366 g/mol. The molecule has 2 heterocycles. The quantitative estimate of drug-likeness (QED) is 0.473. The third-order valence-electron chi connectivity index (χ3n) is 1.19. The number of alkyl halides is 6. The zero-order valence-electron chi connectivity index (χ0n) is 11.1. The molecule has 16 heteroatoms. The highest BCUT2D eigenvalue weighted by Crippen LogP contribution is 2.12. The molecule has 2 rings (SSSR count). The Bertz CT molecular complexity index is 456. The lowest BCUT2D eigenvalue weighted by Crippen LogP contribution is -2.37. The van der Waals surface area contributed by atoms with Crippen molar-refractivity contribution in [3.05, 3.63) is 25.3 Å². The molecule has 24 heavy (non-hydrogen) atoms. The molecule has 0 aromatic carbocycles. The van der Waals surface area contributed by atoms with Gasteiger partial charge >= 0.3 is 12.4 Å². The Hall–Kier alpha value is -3.20. The molecular weight excluding hydrogens is 358 g/mol. The lowest BCUT2D eigenvalue weighted by molar-refractivity contribution is -0.378. The van der Waals surface area contributed by atoms with Gasteiger partial charge in [0.05, 0.1) is 0 Å². The fraction of sp³-hybridized carbons (Fsp3) is 0.250. The molecule has 2 aromatic rings. The van der Waals surface area contributed by atoms with E-state index in [-0.39, 0.29) is 0 Å². The number of halogens is 6. The molecule has 10 nitrogen and oxygen atoms in total. The molecule has 0 unspecified atom stereocenters. The summed E-state index contributed by atoms with van der Waals surface area (Å²) in [4.78, 5) is 23.0. The van der Waals surface area contributed by atoms with Crippen LogP contribution in [0.5, 0.6) is 0 Å². The minimum Gasteiger partial charge on any atom is -0.542 e. The molecule has 0 atom stereocenters. The Balaban J connectivity index is 0. The summed E-state index contributed by atoms with van der Waals surface area (Å²) < 4.78 is 63.1. The first-order valence-electron chi connectivity index (χ1n) is 5.15. The molecule has 0 aliphatic heterocycles. The van der Waals surface area contributed by atoms with E-state index < -0.39 is 24.3 Å². The number of aromatic nitrogens is 6. The van der Waals surface area contributed by atoms with Gasteiger partial charge in [-0.3, -0.25) is 9.97 Å². The maximum atomic E-state index is 10.5. The van der Waals surface area contributed by atoms with Crippen LogP contribution in [0.3, 0.4) is 0 Å². The van der Waals surface area contributed by atoms with E-state index in [9.17, 15) is 26.3 Å². The van der Waals surface area contributed by atoms with Gasteiger partial charge < -0.3 is 19.8 Å². The first-order chi connectivity index (χ1) is 10.9. The smallest absolute Gasteiger partial charge is 0.430 e. The minimum absolute atomic E-state index is 1.57. The fourth-order valence-electron chi connectivity index (χ4n) is 0.373. The lowest BCUT2D eigenvalue weighted by Gasteiger charge is -2.03. The predicted molar refractivity (Wildman–Crippen MR) is 52.4 cm³/mol. The van der Waals surface area contributed by atoms with Crippen LogP contribution in [-0.2, 0) is 9.59 Å². The number of carboxylic acid groups (broad SMARTS) is 2. The number of rotatable bonds is 0. The van der Waals surface area contributed by atoms with Crippen LogP contribution in [0.25, 0.3) is 0 Å². The second-order valence-electron chi connectivity index (χ2n) is 2.97. The molecule has 0 saturated carbocycles. The highest BCUT2D eigenvalue weighted by atomic mass is 19.4. The Morgan fingerprint density at radius 3 is 1.08 bits per heavy atom. The third kappa shape index (κ3) is 16.9. The Labute approximate surface area is 127 Å². The molecule has 0 bridgehead atoms. The number of hydrogen-bond acceptors (Lipinski definition) is 6. The van der Waals surface area contributed by atoms with Crippen LogP contribution < -0.4 is 20.2 Å². The predicted octanol–water partition coefficient (Wildman–Crippen LogP) is -2.96. The van der Waals surface area contributed by atoms with Gasteiger partial charge in [-0.05, 0) is 0 Å². The second kappa shape index (κ2) is 11.4. The van der Waals surface area contributed by atoms with Crippen LogP contribution in [0.15, 0.2) is 25.3 Å². The van der Waals surface area contributed by atoms with E-state index in [0.29, 0.717) is 0 Å². The number of carbonyl (C=O) groups excluding carboxylic acids is 2. The molecule has 0 radical (unpaired) electrons. The van der Waals surface area contributed by atoms with Crippen molar-refractivity contribution >= 4 is 11.9 Å². The van der Waals surface area contributed by atoms with Crippen molar-refractivity contribution in [2.75, 3.05) is 0 Å². The van der Waals surface area contributed by atoms with Crippen LogP contribution in [0.1, 0.15) is 0 Å². The van der Waals surface area contributed by atoms with Gasteiger partial charge in [0.15, 0.2) is 0 Å². The second-order valence-corrected chi connectivity index (χ2v) is 2.97. The van der Waals surface area contributed by atoms with Gasteiger partial charge in [0, 0.05) is 10.2 Å². The van der Waals surface area contributed by atoms with Gasteiger partial charge in [-0.25, -0.2) is 0 Å². The van der Waals surface area contributed by atoms with Gasteiger partial charge in [0.25, 0.3) is 12.7 Å². The number of nitrogens with one attached hydrogen (secondary N) is 4. The molecule has 0 aliphatic rings. The van der Waals surface area contributed by atoms with E-state index in [1.54, 1.807) is 25.3 Å². The zero-order chi connectivity index (χ0) is 19.2. The van der Waals surface area contributed by atoms with Gasteiger partial charge in [0.2, 0.25) is 12.7 Å². The van der Waals surface area contributed by atoms with E-state index >= 15 is 0 Å². The van der Waals surface area contributed by atoms with Gasteiger partial charge in [-0.2, -0.15) is 26.3 Å². The molecule has 0 amide bonds. The summed E-state index contributed by atoms with van der Waals surface area (Å²) in [6.07, 6.45) is -3.97. The molecule has 0 aliphatic carbocycles. The average Bonchev–Trinajstić information content (AvgIpc) is 3.16. The molecule has 136 valence electrons. The van der Waals surface area contributed by atoms with Crippen molar-refractivity contribution in [2.24, 2.45) is 0 Å². The Kier molecular flexibility index (Phi) is 10.9. The number of nitrogens with zero attached hydrogens (tertiary/aromatic N) is 2. The molecular formula is C8H8F6N6O4. The van der Waals surface area contributed by atoms with E-state index in [1.807, 2.05) is 0 Å². The molecule has 0 spiro atoms. The van der Waals surface area contributed by atoms with E-state index in [4.69, 9.17) is 19.8 Å². The first kappa shape index (κ1) is 23.1. The standard InChI is InChI=1S/2C2HF3O2.2C2H3N3/c2*3-2(4,5)1(6)7;2*1-3-2-5-4-1/h2*(H,6,7);2*1-2H,(H,3,4,5). The summed E-state index contributed by atoms with van der Waals surface area (Å²) in [6.45, 7) is 0. The zero-order valence-corrected chi connectivity index (χ0v) is 11.1. The van der Waals surface area contributed by atoms with Crippen LogP contribution in [-0.4, -0.2) is 44.7 Å². The van der Waals surface area contributed by atoms with Crippen molar-refractivity contribution in [2.45, 2.75) is 12.4 Å². The number of aliphatic carboxylic acids is 2. The van der Waals surface area contributed by atoms with Crippen molar-refractivity contribution in [3.8, 4) is 0 Å². The summed E-state index contributed by atoms with van der Waals surface area (Å²) in [5, 5.41) is 29.8. The molecule has 4 N–H and O–H groups in total. The summed E-state index contributed by atoms with van der Waals surface area (Å²) in [5.74, 6) is -6.01. The average molecular weight is 366 g/mol. The summed E-state index contributed by atoms with van der Waals surface area (Å²) >= 11 is 0. The van der Waals surface area contributed by atoms with Crippen molar-refractivity contribution < 1.29 is 56.1 Å². The molecule has 0 saturated heterocycles. The first-order valence-corrected chi connectivity index (χ1v) is 5.15. The van der Waals surface area contributed by atoms with E-state index in [0.717, 1.165) is 0 Å². The Morgan fingerprint density at radius 1 is 0.792 bits per heavy atom. The largest absolute Gasteiger partial charge is 0.542 e. The summed E-state index contributed by atoms with van der Waals surface area (Å²) in [6, 6.07) is 0. The van der Waals surface area contributed by atoms with Crippen molar-refractivity contribution in [1.29, 1.82) is 0 Å². The maximum Gasteiger partial charge on any atom is 0.430 e. The van der Waals surface area contributed by atoms with Crippen molar-refractivity contribution in [1.82, 2.24) is 20.4 Å². The SMILES string of the molecule is O=C([O-])C(F)(F)F.O=C([O-])C(F)(F)F.c1n[nH]c[nH+]1.c1n[nH]c[nH+]1. The number of carbonyl (C=O) groups is 2. The van der Waals surface area contributed by atoms with Crippen molar-refractivity contribution in [3.63, 3.8) is 0 Å². The third-order valence-corrected chi connectivity index (χ3v) is 1.19.